The van der Waals surface area contributed by atoms with E-state index in [2.05, 4.69) is 15.5 Å². The molecule has 28 heavy (non-hydrogen) atoms. The molecule has 1 N–H and O–H groups in total. The van der Waals surface area contributed by atoms with Crippen LogP contribution in [0, 0.1) is 0 Å². The van der Waals surface area contributed by atoms with Gasteiger partial charge in [-0.2, -0.15) is 4.98 Å². The summed E-state index contributed by atoms with van der Waals surface area (Å²) in [6.07, 6.45) is 0.292. The van der Waals surface area contributed by atoms with Crippen molar-refractivity contribution in [3.8, 4) is 27.9 Å². The van der Waals surface area contributed by atoms with E-state index < -0.39 is 0 Å². The number of nitrogens with zero attached hydrogens (tertiary/aromatic N) is 2. The van der Waals surface area contributed by atoms with E-state index in [1.165, 1.54) is 0 Å². The lowest BCUT2D eigenvalue weighted by atomic mass is 10.1. The number of amides is 1. The lowest BCUT2D eigenvalue weighted by molar-refractivity contribution is -0.115. The smallest absolute Gasteiger partial charge is 0.268 e. The van der Waals surface area contributed by atoms with Gasteiger partial charge in [-0.25, -0.2) is 0 Å². The Balaban J connectivity index is 1.39. The van der Waals surface area contributed by atoms with Crippen LogP contribution >= 0.6 is 11.3 Å². The Hall–Kier alpha value is -3.45. The summed E-state index contributed by atoms with van der Waals surface area (Å²) in [5.74, 6) is 1.70. The van der Waals surface area contributed by atoms with Gasteiger partial charge in [-0.1, -0.05) is 23.4 Å². The van der Waals surface area contributed by atoms with Gasteiger partial charge >= 0.3 is 0 Å². The average Bonchev–Trinajstić information content (AvgIpc) is 3.41. The Kier molecular flexibility index (Phi) is 5.16. The van der Waals surface area contributed by atoms with Crippen molar-refractivity contribution in [3.63, 3.8) is 0 Å². The van der Waals surface area contributed by atoms with Gasteiger partial charge in [-0.05, 0) is 53.4 Å². The third kappa shape index (κ3) is 4.10. The highest BCUT2D eigenvalue weighted by atomic mass is 32.1. The van der Waals surface area contributed by atoms with Crippen molar-refractivity contribution >= 4 is 22.9 Å². The Bertz CT molecular complexity index is 1060. The van der Waals surface area contributed by atoms with Gasteiger partial charge < -0.3 is 14.6 Å². The number of carbonyl (C=O) groups excluding carboxylic acids is 1. The fraction of sp³-hybridized carbons (Fsp3) is 0.0952. The molecule has 0 aliphatic rings. The summed E-state index contributed by atoms with van der Waals surface area (Å²) in [7, 11) is 1.61. The second kappa shape index (κ2) is 8.06. The molecule has 0 unspecified atom stereocenters. The minimum Gasteiger partial charge on any atom is -0.497 e. The third-order valence-corrected chi connectivity index (χ3v) is 4.97. The molecule has 2 aromatic carbocycles. The van der Waals surface area contributed by atoms with E-state index in [0.29, 0.717) is 23.8 Å². The topological polar surface area (TPSA) is 77.2 Å². The van der Waals surface area contributed by atoms with Crippen LogP contribution in [0.1, 0.15) is 5.56 Å². The Labute approximate surface area is 165 Å². The van der Waals surface area contributed by atoms with Crippen molar-refractivity contribution in [2.45, 2.75) is 6.42 Å². The van der Waals surface area contributed by atoms with E-state index >= 15 is 0 Å². The number of rotatable bonds is 6. The molecule has 6 nitrogen and oxygen atoms in total. The van der Waals surface area contributed by atoms with Gasteiger partial charge in [0.15, 0.2) is 0 Å². The Morgan fingerprint density at radius 1 is 1.11 bits per heavy atom. The monoisotopic (exact) mass is 391 g/mol. The van der Waals surface area contributed by atoms with Gasteiger partial charge in [0.1, 0.15) is 5.75 Å². The molecule has 7 heteroatoms. The van der Waals surface area contributed by atoms with Crippen LogP contribution in [0.15, 0.2) is 70.6 Å². The number of anilines is 1. The molecular weight excluding hydrogens is 374 g/mol. The van der Waals surface area contributed by atoms with Crippen molar-refractivity contribution in [2.24, 2.45) is 0 Å². The summed E-state index contributed by atoms with van der Waals surface area (Å²) in [6.45, 7) is 0. The van der Waals surface area contributed by atoms with Crippen LogP contribution < -0.4 is 10.1 Å². The number of hydrogen-bond acceptors (Lipinski definition) is 6. The van der Waals surface area contributed by atoms with Crippen molar-refractivity contribution in [1.82, 2.24) is 10.1 Å². The van der Waals surface area contributed by atoms with Crippen LogP contribution in [0.25, 0.3) is 22.2 Å². The van der Waals surface area contributed by atoms with Crippen molar-refractivity contribution in [3.05, 3.63) is 71.6 Å². The number of ether oxygens (including phenoxy) is 1. The van der Waals surface area contributed by atoms with Crippen molar-refractivity contribution in [2.75, 3.05) is 12.4 Å². The fourth-order valence-corrected chi connectivity index (χ4v) is 3.32. The maximum absolute atomic E-state index is 12.2. The molecule has 0 aliphatic heterocycles. The first-order chi connectivity index (χ1) is 13.7. The van der Waals surface area contributed by atoms with E-state index in [4.69, 9.17) is 9.26 Å². The third-order valence-electron chi connectivity index (χ3n) is 4.11. The molecule has 0 saturated carbocycles. The Morgan fingerprint density at radius 3 is 2.57 bits per heavy atom. The van der Waals surface area contributed by atoms with E-state index in [0.717, 1.165) is 21.8 Å². The second-order valence-electron chi connectivity index (χ2n) is 6.05. The standard InChI is InChI=1S/C21H17N3O3S/c1-26-17-10-4-14(5-11-17)13-19(25)22-16-8-6-15(7-9-16)20-23-21(27-24-20)18-3-2-12-28-18/h2-12H,13H2,1H3,(H,22,25). The second-order valence-corrected chi connectivity index (χ2v) is 7.00. The predicted molar refractivity (Wildman–Crippen MR) is 108 cm³/mol. The highest BCUT2D eigenvalue weighted by Crippen LogP contribution is 2.26. The summed E-state index contributed by atoms with van der Waals surface area (Å²) in [5, 5.41) is 8.88. The molecule has 2 aromatic heterocycles. The average molecular weight is 391 g/mol. The van der Waals surface area contributed by atoms with Crippen molar-refractivity contribution in [1.29, 1.82) is 0 Å². The quantitative estimate of drug-likeness (QED) is 0.517. The van der Waals surface area contributed by atoms with E-state index in [1.807, 2.05) is 66.0 Å². The summed E-state index contributed by atoms with van der Waals surface area (Å²) >= 11 is 1.55. The molecule has 2 heterocycles. The molecule has 1 amide bonds. The van der Waals surface area contributed by atoms with Crippen LogP contribution in [-0.2, 0) is 11.2 Å². The van der Waals surface area contributed by atoms with E-state index in [-0.39, 0.29) is 5.91 Å². The maximum atomic E-state index is 12.2. The van der Waals surface area contributed by atoms with Gasteiger partial charge in [-0.3, -0.25) is 4.79 Å². The van der Waals surface area contributed by atoms with Crippen LogP contribution in [-0.4, -0.2) is 23.2 Å². The molecule has 0 radical (unpaired) electrons. The highest BCUT2D eigenvalue weighted by Gasteiger charge is 2.11. The van der Waals surface area contributed by atoms with Crippen molar-refractivity contribution < 1.29 is 14.1 Å². The molecule has 4 aromatic rings. The molecule has 140 valence electrons. The number of nitrogens with one attached hydrogen (secondary N) is 1. The first kappa shape index (κ1) is 17.9. The molecule has 0 atom stereocenters. The van der Waals surface area contributed by atoms with Gasteiger partial charge in [0.2, 0.25) is 11.7 Å². The molecule has 0 saturated heterocycles. The number of thiophene rings is 1. The van der Waals surface area contributed by atoms with Crippen LogP contribution in [0.4, 0.5) is 5.69 Å². The number of benzene rings is 2. The summed E-state index contributed by atoms with van der Waals surface area (Å²) < 4.78 is 10.4. The zero-order valence-corrected chi connectivity index (χ0v) is 15.9. The largest absolute Gasteiger partial charge is 0.497 e. The first-order valence-corrected chi connectivity index (χ1v) is 9.50. The van der Waals surface area contributed by atoms with Crippen LogP contribution in [0.2, 0.25) is 0 Å². The van der Waals surface area contributed by atoms with Crippen LogP contribution in [0.3, 0.4) is 0 Å². The van der Waals surface area contributed by atoms with E-state index in [9.17, 15) is 4.79 Å². The number of aromatic nitrogens is 2. The number of carbonyl (C=O) groups is 1. The molecule has 0 fully saturated rings. The lowest BCUT2D eigenvalue weighted by Gasteiger charge is -2.06. The summed E-state index contributed by atoms with van der Waals surface area (Å²) in [4.78, 5) is 17.6. The summed E-state index contributed by atoms with van der Waals surface area (Å²) in [5.41, 5.74) is 2.45. The van der Waals surface area contributed by atoms with Crippen LogP contribution in [0.5, 0.6) is 5.75 Å². The SMILES string of the molecule is COc1ccc(CC(=O)Nc2ccc(-c3noc(-c4cccs4)n3)cc2)cc1. The predicted octanol–water partition coefficient (Wildman–Crippen LogP) is 4.65. The number of hydrogen-bond donors (Lipinski definition) is 1. The fourth-order valence-electron chi connectivity index (χ4n) is 2.68. The Morgan fingerprint density at radius 2 is 1.89 bits per heavy atom. The molecule has 0 aliphatic carbocycles. The maximum Gasteiger partial charge on any atom is 0.268 e. The molecule has 0 bridgehead atoms. The van der Waals surface area contributed by atoms with Gasteiger partial charge in [0.05, 0.1) is 18.4 Å². The summed E-state index contributed by atoms with van der Waals surface area (Å²) in [6, 6.07) is 18.7. The molecule has 0 spiro atoms. The zero-order chi connectivity index (χ0) is 19.3. The minimum atomic E-state index is -0.0857. The normalized spacial score (nSPS) is 10.6. The highest BCUT2D eigenvalue weighted by molar-refractivity contribution is 7.13. The first-order valence-electron chi connectivity index (χ1n) is 8.62. The minimum absolute atomic E-state index is 0.0857. The lowest BCUT2D eigenvalue weighted by Crippen LogP contribution is -2.14. The zero-order valence-electron chi connectivity index (χ0n) is 15.1. The van der Waals surface area contributed by atoms with Gasteiger partial charge in [0.25, 0.3) is 5.89 Å². The van der Waals surface area contributed by atoms with Gasteiger partial charge in [0, 0.05) is 11.3 Å². The van der Waals surface area contributed by atoms with Gasteiger partial charge in [-0.15, -0.1) is 11.3 Å². The molecular formula is C21H17N3O3S. The number of methoxy groups -OCH3 is 1. The molecule has 4 rings (SSSR count). The van der Waals surface area contributed by atoms with E-state index in [1.54, 1.807) is 18.4 Å².